The van der Waals surface area contributed by atoms with E-state index in [1.165, 1.54) is 12.0 Å². The molecule has 0 aliphatic rings. The molecule has 0 fully saturated rings. The van der Waals surface area contributed by atoms with E-state index < -0.39 is 0 Å². The Labute approximate surface area is 108 Å². The third-order valence-electron chi connectivity index (χ3n) is 2.63. The van der Waals surface area contributed by atoms with Crippen molar-refractivity contribution in [2.45, 2.75) is 37.3 Å². The topological polar surface area (TPSA) is 12.0 Å². The summed E-state index contributed by atoms with van der Waals surface area (Å²) in [7, 11) is 2.02. The van der Waals surface area contributed by atoms with Gasteiger partial charge < -0.3 is 5.32 Å². The number of nitrogens with one attached hydrogen (secondary N) is 1. The molecule has 0 saturated carbocycles. The van der Waals surface area contributed by atoms with Crippen molar-refractivity contribution in [2.24, 2.45) is 0 Å². The summed E-state index contributed by atoms with van der Waals surface area (Å²) in [6.07, 6.45) is 1.20. The van der Waals surface area contributed by atoms with Crippen LogP contribution in [0.3, 0.4) is 0 Å². The number of hydrogen-bond donors (Lipinski definition) is 1. The molecule has 90 valence electrons. The Kier molecular flexibility index (Phi) is 6.25. The predicted molar refractivity (Wildman–Crippen MR) is 75.3 cm³/mol. The van der Waals surface area contributed by atoms with Gasteiger partial charge in [0.15, 0.2) is 0 Å². The van der Waals surface area contributed by atoms with Gasteiger partial charge in [0.05, 0.1) is 0 Å². The van der Waals surface area contributed by atoms with Crippen LogP contribution in [-0.2, 0) is 5.75 Å². The molecule has 0 amide bonds. The van der Waals surface area contributed by atoms with Crippen molar-refractivity contribution in [3.05, 3.63) is 34.9 Å². The minimum Gasteiger partial charge on any atom is -0.317 e. The van der Waals surface area contributed by atoms with Crippen LogP contribution in [0.4, 0.5) is 0 Å². The Morgan fingerprint density at radius 3 is 2.44 bits per heavy atom. The first-order valence-electron chi connectivity index (χ1n) is 5.65. The Hall–Kier alpha value is -0.180. The van der Waals surface area contributed by atoms with Gasteiger partial charge in [-0.3, -0.25) is 0 Å². The average molecular weight is 258 g/mol. The summed E-state index contributed by atoms with van der Waals surface area (Å²) < 4.78 is 0. The normalized spacial score (nSPS) is 14.8. The molecule has 3 heteroatoms. The Morgan fingerprint density at radius 1 is 1.25 bits per heavy atom. The fourth-order valence-electron chi connectivity index (χ4n) is 1.50. The quantitative estimate of drug-likeness (QED) is 0.828. The molecule has 0 saturated heterocycles. The van der Waals surface area contributed by atoms with E-state index in [1.54, 1.807) is 0 Å². The SMILES string of the molecule is CNC(C)CC(C)SCc1ccc(Cl)cc1. The molecule has 1 aromatic rings. The van der Waals surface area contributed by atoms with Gasteiger partial charge in [0.1, 0.15) is 0 Å². The van der Waals surface area contributed by atoms with Crippen molar-refractivity contribution in [1.82, 2.24) is 5.32 Å². The van der Waals surface area contributed by atoms with Gasteiger partial charge in [-0.1, -0.05) is 30.7 Å². The molecule has 1 N–H and O–H groups in total. The third-order valence-corrected chi connectivity index (χ3v) is 4.14. The average Bonchev–Trinajstić information content (AvgIpc) is 2.28. The number of halogens is 1. The van der Waals surface area contributed by atoms with Crippen LogP contribution < -0.4 is 5.32 Å². The van der Waals surface area contributed by atoms with E-state index in [4.69, 9.17) is 11.6 Å². The number of benzene rings is 1. The van der Waals surface area contributed by atoms with E-state index in [-0.39, 0.29) is 0 Å². The van der Waals surface area contributed by atoms with Crippen LogP contribution in [0, 0.1) is 0 Å². The van der Waals surface area contributed by atoms with Gasteiger partial charge in [0, 0.05) is 22.1 Å². The predicted octanol–water partition coefficient (Wildman–Crippen LogP) is 3.96. The molecular weight excluding hydrogens is 238 g/mol. The molecule has 2 unspecified atom stereocenters. The zero-order valence-electron chi connectivity index (χ0n) is 10.2. The zero-order chi connectivity index (χ0) is 12.0. The van der Waals surface area contributed by atoms with E-state index in [9.17, 15) is 0 Å². The summed E-state index contributed by atoms with van der Waals surface area (Å²) in [6.45, 7) is 4.51. The molecule has 0 aromatic heterocycles. The summed E-state index contributed by atoms with van der Waals surface area (Å²) in [5, 5.41) is 4.76. The van der Waals surface area contributed by atoms with Crippen LogP contribution in [0.25, 0.3) is 0 Å². The van der Waals surface area contributed by atoms with Crippen molar-refractivity contribution < 1.29 is 0 Å². The summed E-state index contributed by atoms with van der Waals surface area (Å²) in [5.74, 6) is 1.06. The molecule has 0 spiro atoms. The van der Waals surface area contributed by atoms with Crippen LogP contribution in [0.1, 0.15) is 25.8 Å². The lowest BCUT2D eigenvalue weighted by Gasteiger charge is -2.16. The smallest absolute Gasteiger partial charge is 0.0406 e. The Bertz CT molecular complexity index is 299. The third kappa shape index (κ3) is 5.24. The van der Waals surface area contributed by atoms with E-state index >= 15 is 0 Å². The number of thioether (sulfide) groups is 1. The first kappa shape index (κ1) is 13.9. The first-order valence-corrected chi connectivity index (χ1v) is 7.07. The fraction of sp³-hybridized carbons (Fsp3) is 0.538. The highest BCUT2D eigenvalue weighted by molar-refractivity contribution is 7.99. The van der Waals surface area contributed by atoms with Gasteiger partial charge in [-0.2, -0.15) is 11.8 Å². The van der Waals surface area contributed by atoms with Crippen LogP contribution in [0.15, 0.2) is 24.3 Å². The molecule has 1 aromatic carbocycles. The molecule has 2 atom stereocenters. The maximum atomic E-state index is 5.85. The molecular formula is C13H20ClNS. The number of rotatable bonds is 6. The summed E-state index contributed by atoms with van der Waals surface area (Å²) >= 11 is 7.84. The monoisotopic (exact) mass is 257 g/mol. The Balaban J connectivity index is 2.31. The lowest BCUT2D eigenvalue weighted by molar-refractivity contribution is 0.564. The van der Waals surface area contributed by atoms with Crippen molar-refractivity contribution >= 4 is 23.4 Å². The van der Waals surface area contributed by atoms with Crippen LogP contribution in [0.5, 0.6) is 0 Å². The van der Waals surface area contributed by atoms with Gasteiger partial charge in [0.2, 0.25) is 0 Å². The molecule has 16 heavy (non-hydrogen) atoms. The van der Waals surface area contributed by atoms with Crippen LogP contribution in [-0.4, -0.2) is 18.3 Å². The maximum absolute atomic E-state index is 5.85. The second kappa shape index (κ2) is 7.21. The van der Waals surface area contributed by atoms with E-state index in [0.717, 1.165) is 10.8 Å². The maximum Gasteiger partial charge on any atom is 0.0406 e. The lowest BCUT2D eigenvalue weighted by Crippen LogP contribution is -2.24. The van der Waals surface area contributed by atoms with Gasteiger partial charge >= 0.3 is 0 Å². The van der Waals surface area contributed by atoms with Gasteiger partial charge in [-0.15, -0.1) is 0 Å². The van der Waals surface area contributed by atoms with Crippen molar-refractivity contribution in [3.8, 4) is 0 Å². The van der Waals surface area contributed by atoms with E-state index in [0.29, 0.717) is 11.3 Å². The zero-order valence-corrected chi connectivity index (χ0v) is 11.7. The van der Waals surface area contributed by atoms with Crippen molar-refractivity contribution in [2.75, 3.05) is 7.05 Å². The molecule has 0 aliphatic carbocycles. The van der Waals surface area contributed by atoms with Crippen LogP contribution in [0.2, 0.25) is 5.02 Å². The molecule has 0 radical (unpaired) electrons. The fourth-order valence-corrected chi connectivity index (χ4v) is 2.72. The first-order chi connectivity index (χ1) is 7.61. The summed E-state index contributed by atoms with van der Waals surface area (Å²) in [6, 6.07) is 8.71. The van der Waals surface area contributed by atoms with Crippen LogP contribution >= 0.6 is 23.4 Å². The van der Waals surface area contributed by atoms with Crippen molar-refractivity contribution in [3.63, 3.8) is 0 Å². The van der Waals surface area contributed by atoms with Gasteiger partial charge in [0.25, 0.3) is 0 Å². The minimum absolute atomic E-state index is 0.590. The largest absolute Gasteiger partial charge is 0.317 e. The molecule has 1 rings (SSSR count). The highest BCUT2D eigenvalue weighted by atomic mass is 35.5. The highest BCUT2D eigenvalue weighted by Crippen LogP contribution is 2.22. The van der Waals surface area contributed by atoms with Gasteiger partial charge in [-0.05, 0) is 38.1 Å². The Morgan fingerprint density at radius 2 is 1.88 bits per heavy atom. The lowest BCUT2D eigenvalue weighted by atomic mass is 10.2. The second-order valence-electron chi connectivity index (χ2n) is 4.17. The van der Waals surface area contributed by atoms with Gasteiger partial charge in [-0.25, -0.2) is 0 Å². The van der Waals surface area contributed by atoms with E-state index in [2.05, 4.69) is 31.3 Å². The number of hydrogen-bond acceptors (Lipinski definition) is 2. The highest BCUT2D eigenvalue weighted by Gasteiger charge is 2.07. The second-order valence-corrected chi connectivity index (χ2v) is 6.04. The molecule has 0 aliphatic heterocycles. The standard InChI is InChI=1S/C13H20ClNS/c1-10(15-3)8-11(2)16-9-12-4-6-13(14)7-5-12/h4-7,10-11,15H,8-9H2,1-3H3. The summed E-state index contributed by atoms with van der Waals surface area (Å²) in [4.78, 5) is 0. The molecule has 0 heterocycles. The summed E-state index contributed by atoms with van der Waals surface area (Å²) in [5.41, 5.74) is 1.35. The minimum atomic E-state index is 0.590. The van der Waals surface area contributed by atoms with Crippen molar-refractivity contribution in [1.29, 1.82) is 0 Å². The molecule has 1 nitrogen and oxygen atoms in total. The molecule has 0 bridgehead atoms. The van der Waals surface area contributed by atoms with E-state index in [1.807, 2.05) is 30.9 Å².